The molecule has 1 atom stereocenters. The van der Waals surface area contributed by atoms with Crippen LogP contribution in [0.4, 0.5) is 5.82 Å². The molecule has 0 amide bonds. The molecule has 1 fully saturated rings. The van der Waals surface area contributed by atoms with E-state index in [0.717, 1.165) is 18.9 Å². The highest BCUT2D eigenvalue weighted by atomic mass is 35.5. The lowest BCUT2D eigenvalue weighted by Gasteiger charge is -2.32. The molecule has 1 N–H and O–H groups in total. The van der Waals surface area contributed by atoms with Crippen molar-refractivity contribution in [2.75, 3.05) is 31.6 Å². The van der Waals surface area contributed by atoms with E-state index in [1.807, 2.05) is 13.0 Å². The highest BCUT2D eigenvalue weighted by molar-refractivity contribution is 5.85. The fourth-order valence-corrected chi connectivity index (χ4v) is 2.10. The second-order valence-electron chi connectivity index (χ2n) is 4.26. The monoisotopic (exact) mass is 272 g/mol. The SMILES string of the molecule is CCOc1cc(N(C)[C@H]2CCCNC2)ncn1.Cl. The van der Waals surface area contributed by atoms with E-state index in [-0.39, 0.29) is 12.4 Å². The summed E-state index contributed by atoms with van der Waals surface area (Å²) in [4.78, 5) is 10.6. The summed E-state index contributed by atoms with van der Waals surface area (Å²) in [5, 5.41) is 3.41. The molecule has 1 aromatic heterocycles. The number of hydrogen-bond donors (Lipinski definition) is 1. The first kappa shape index (κ1) is 15.0. The molecule has 1 saturated heterocycles. The third-order valence-corrected chi connectivity index (χ3v) is 3.10. The van der Waals surface area contributed by atoms with E-state index >= 15 is 0 Å². The van der Waals surface area contributed by atoms with Crippen LogP contribution in [0.25, 0.3) is 0 Å². The maximum Gasteiger partial charge on any atom is 0.218 e. The van der Waals surface area contributed by atoms with Crippen LogP contribution in [0.15, 0.2) is 12.4 Å². The molecular weight excluding hydrogens is 252 g/mol. The Labute approximate surface area is 114 Å². The first-order chi connectivity index (χ1) is 8.31. The van der Waals surface area contributed by atoms with E-state index in [9.17, 15) is 0 Å². The highest BCUT2D eigenvalue weighted by Gasteiger charge is 2.19. The minimum Gasteiger partial charge on any atom is -0.478 e. The van der Waals surface area contributed by atoms with Crippen LogP contribution in [0.2, 0.25) is 0 Å². The van der Waals surface area contributed by atoms with Crippen molar-refractivity contribution >= 4 is 18.2 Å². The van der Waals surface area contributed by atoms with Gasteiger partial charge >= 0.3 is 0 Å². The molecule has 1 aliphatic heterocycles. The standard InChI is InChI=1S/C12H20N4O.ClH/c1-3-17-12-7-11(14-9-15-12)16(2)10-5-4-6-13-8-10;/h7,9-10,13H,3-6,8H2,1-2H3;1H/t10-;/m0./s1. The number of likely N-dealkylation sites (N-methyl/N-ethyl adjacent to an activating group) is 1. The number of hydrogen-bond acceptors (Lipinski definition) is 5. The second-order valence-corrected chi connectivity index (χ2v) is 4.26. The number of halogens is 1. The lowest BCUT2D eigenvalue weighted by molar-refractivity contribution is 0.326. The van der Waals surface area contributed by atoms with Crippen molar-refractivity contribution in [3.63, 3.8) is 0 Å². The van der Waals surface area contributed by atoms with Gasteiger partial charge in [-0.05, 0) is 26.3 Å². The molecule has 2 heterocycles. The van der Waals surface area contributed by atoms with Crippen molar-refractivity contribution in [2.24, 2.45) is 0 Å². The molecule has 0 aliphatic carbocycles. The highest BCUT2D eigenvalue weighted by Crippen LogP contribution is 2.19. The molecular formula is C12H21ClN4O. The van der Waals surface area contributed by atoms with Crippen molar-refractivity contribution in [1.82, 2.24) is 15.3 Å². The molecule has 18 heavy (non-hydrogen) atoms. The van der Waals surface area contributed by atoms with E-state index in [1.165, 1.54) is 12.8 Å². The maximum atomic E-state index is 5.39. The van der Waals surface area contributed by atoms with Crippen LogP contribution in [-0.2, 0) is 0 Å². The van der Waals surface area contributed by atoms with Gasteiger partial charge in [-0.25, -0.2) is 9.97 Å². The molecule has 0 aromatic carbocycles. The fourth-order valence-electron chi connectivity index (χ4n) is 2.10. The van der Waals surface area contributed by atoms with Gasteiger partial charge in [0.05, 0.1) is 6.61 Å². The topological polar surface area (TPSA) is 50.3 Å². The Kier molecular flexibility index (Phi) is 6.15. The van der Waals surface area contributed by atoms with Gasteiger partial charge in [0.2, 0.25) is 5.88 Å². The first-order valence-electron chi connectivity index (χ1n) is 6.19. The number of anilines is 1. The van der Waals surface area contributed by atoms with Gasteiger partial charge in [-0.2, -0.15) is 0 Å². The Balaban J connectivity index is 0.00000162. The minimum absolute atomic E-state index is 0. The van der Waals surface area contributed by atoms with Crippen LogP contribution in [0, 0.1) is 0 Å². The number of piperidine rings is 1. The predicted molar refractivity (Wildman–Crippen MR) is 74.7 cm³/mol. The van der Waals surface area contributed by atoms with Crippen LogP contribution >= 0.6 is 12.4 Å². The van der Waals surface area contributed by atoms with Crippen molar-refractivity contribution in [3.8, 4) is 5.88 Å². The quantitative estimate of drug-likeness (QED) is 0.900. The van der Waals surface area contributed by atoms with Gasteiger partial charge in [-0.3, -0.25) is 0 Å². The molecule has 102 valence electrons. The first-order valence-corrected chi connectivity index (χ1v) is 6.19. The average Bonchev–Trinajstić information content (AvgIpc) is 2.40. The van der Waals surface area contributed by atoms with Gasteiger partial charge < -0.3 is 15.0 Å². The molecule has 1 aromatic rings. The zero-order chi connectivity index (χ0) is 12.1. The van der Waals surface area contributed by atoms with Gasteiger partial charge in [0.15, 0.2) is 0 Å². The number of nitrogens with zero attached hydrogens (tertiary/aromatic N) is 3. The van der Waals surface area contributed by atoms with E-state index in [4.69, 9.17) is 4.74 Å². The maximum absolute atomic E-state index is 5.39. The number of rotatable bonds is 4. The molecule has 0 saturated carbocycles. The van der Waals surface area contributed by atoms with E-state index in [0.29, 0.717) is 18.5 Å². The van der Waals surface area contributed by atoms with Gasteiger partial charge in [0.25, 0.3) is 0 Å². The van der Waals surface area contributed by atoms with Gasteiger partial charge in [0, 0.05) is 25.7 Å². The van der Waals surface area contributed by atoms with Crippen LogP contribution in [0.5, 0.6) is 5.88 Å². The molecule has 0 spiro atoms. The Morgan fingerprint density at radius 1 is 1.50 bits per heavy atom. The Morgan fingerprint density at radius 3 is 3.00 bits per heavy atom. The lowest BCUT2D eigenvalue weighted by atomic mass is 10.1. The van der Waals surface area contributed by atoms with Gasteiger partial charge in [-0.15, -0.1) is 12.4 Å². The second kappa shape index (κ2) is 7.38. The van der Waals surface area contributed by atoms with Crippen LogP contribution < -0.4 is 15.0 Å². The third-order valence-electron chi connectivity index (χ3n) is 3.10. The van der Waals surface area contributed by atoms with E-state index in [1.54, 1.807) is 6.33 Å². The number of ether oxygens (including phenoxy) is 1. The molecule has 2 rings (SSSR count). The molecule has 1 aliphatic rings. The molecule has 0 radical (unpaired) electrons. The number of aromatic nitrogens is 2. The molecule has 5 nitrogen and oxygen atoms in total. The predicted octanol–water partition coefficient (Wildman–Crippen LogP) is 1.49. The normalized spacial score (nSPS) is 18.9. The van der Waals surface area contributed by atoms with Crippen molar-refractivity contribution < 1.29 is 4.74 Å². The van der Waals surface area contributed by atoms with Gasteiger partial charge in [0.1, 0.15) is 12.1 Å². The zero-order valence-electron chi connectivity index (χ0n) is 10.9. The molecule has 6 heteroatoms. The van der Waals surface area contributed by atoms with E-state index in [2.05, 4.69) is 27.2 Å². The summed E-state index contributed by atoms with van der Waals surface area (Å²) in [6.45, 7) is 4.73. The summed E-state index contributed by atoms with van der Waals surface area (Å²) < 4.78 is 5.39. The fraction of sp³-hybridized carbons (Fsp3) is 0.667. The summed E-state index contributed by atoms with van der Waals surface area (Å²) in [5.41, 5.74) is 0. The lowest BCUT2D eigenvalue weighted by Crippen LogP contribution is -2.44. The Hall–Kier alpha value is -1.07. The molecule has 0 unspecified atom stereocenters. The number of nitrogens with one attached hydrogen (secondary N) is 1. The minimum atomic E-state index is 0. The van der Waals surface area contributed by atoms with Crippen LogP contribution in [-0.4, -0.2) is 42.8 Å². The van der Waals surface area contributed by atoms with Crippen molar-refractivity contribution in [1.29, 1.82) is 0 Å². The average molecular weight is 273 g/mol. The summed E-state index contributed by atoms with van der Waals surface area (Å²) >= 11 is 0. The van der Waals surface area contributed by atoms with Crippen molar-refractivity contribution in [3.05, 3.63) is 12.4 Å². The molecule has 0 bridgehead atoms. The summed E-state index contributed by atoms with van der Waals surface area (Å²) in [7, 11) is 2.08. The zero-order valence-corrected chi connectivity index (χ0v) is 11.7. The van der Waals surface area contributed by atoms with Crippen LogP contribution in [0.1, 0.15) is 19.8 Å². The Bertz CT molecular complexity index is 358. The van der Waals surface area contributed by atoms with Gasteiger partial charge in [-0.1, -0.05) is 0 Å². The smallest absolute Gasteiger partial charge is 0.218 e. The van der Waals surface area contributed by atoms with E-state index < -0.39 is 0 Å². The summed E-state index contributed by atoms with van der Waals surface area (Å²) in [6.07, 6.45) is 3.99. The van der Waals surface area contributed by atoms with Crippen molar-refractivity contribution in [2.45, 2.75) is 25.8 Å². The Morgan fingerprint density at radius 2 is 2.33 bits per heavy atom. The van der Waals surface area contributed by atoms with Crippen LogP contribution in [0.3, 0.4) is 0 Å². The third kappa shape index (κ3) is 3.71. The largest absolute Gasteiger partial charge is 0.478 e. The summed E-state index contributed by atoms with van der Waals surface area (Å²) in [6, 6.07) is 2.41. The summed E-state index contributed by atoms with van der Waals surface area (Å²) in [5.74, 6) is 1.57.